The van der Waals surface area contributed by atoms with E-state index in [2.05, 4.69) is 11.1 Å². The number of hydrogen-bond acceptors (Lipinski definition) is 2. The molecule has 0 saturated heterocycles. The molecule has 0 saturated carbocycles. The van der Waals surface area contributed by atoms with Gasteiger partial charge < -0.3 is 0 Å². The average Bonchev–Trinajstić information content (AvgIpc) is 2.35. The molecule has 2 aromatic carbocycles. The third kappa shape index (κ3) is 1.68. The number of carbonyl (C=O) groups excluding carboxylic acids is 1. The summed E-state index contributed by atoms with van der Waals surface area (Å²) in [6.45, 7) is 1.57. The van der Waals surface area contributed by atoms with Crippen LogP contribution < -0.4 is 0 Å². The minimum Gasteiger partial charge on any atom is -0.295 e. The van der Waals surface area contributed by atoms with Gasteiger partial charge in [-0.25, -0.2) is 4.98 Å². The first-order valence-corrected chi connectivity index (χ1v) is 5.54. The van der Waals surface area contributed by atoms with Crippen LogP contribution in [-0.2, 0) is 0 Å². The minimum absolute atomic E-state index is 0.0712. The van der Waals surface area contributed by atoms with E-state index in [1.54, 1.807) is 6.92 Å². The number of ketones is 1. The van der Waals surface area contributed by atoms with Crippen LogP contribution in [0.25, 0.3) is 21.8 Å². The van der Waals surface area contributed by atoms with Gasteiger partial charge in [-0.2, -0.15) is 0 Å². The molecule has 0 aliphatic rings. The number of nitrogens with zero attached hydrogens (tertiary/aromatic N) is 1. The molecule has 0 N–H and O–H groups in total. The number of rotatable bonds is 1. The lowest BCUT2D eigenvalue weighted by Crippen LogP contribution is -1.92. The predicted octanol–water partition coefficient (Wildman–Crippen LogP) is 3.59. The Labute approximate surface area is 98.9 Å². The zero-order valence-electron chi connectivity index (χ0n) is 9.47. The molecular weight excluding hydrogens is 210 g/mol. The Kier molecular flexibility index (Phi) is 2.15. The maximum atomic E-state index is 11.3. The van der Waals surface area contributed by atoms with E-state index in [9.17, 15) is 4.79 Å². The zero-order valence-corrected chi connectivity index (χ0v) is 9.47. The topological polar surface area (TPSA) is 30.0 Å². The zero-order chi connectivity index (χ0) is 11.8. The molecule has 0 radical (unpaired) electrons. The van der Waals surface area contributed by atoms with Crippen LogP contribution in [0, 0.1) is 0 Å². The van der Waals surface area contributed by atoms with Gasteiger partial charge in [0.15, 0.2) is 5.78 Å². The number of benzene rings is 2. The summed E-state index contributed by atoms with van der Waals surface area (Å²) in [6, 6.07) is 15.7. The van der Waals surface area contributed by atoms with Crippen molar-refractivity contribution < 1.29 is 4.79 Å². The quantitative estimate of drug-likeness (QED) is 0.464. The molecule has 3 rings (SSSR count). The first kappa shape index (κ1) is 9.97. The molecule has 2 heteroatoms. The van der Waals surface area contributed by atoms with Crippen molar-refractivity contribution in [1.29, 1.82) is 0 Å². The SMILES string of the molecule is CC(=O)c1ccc2cc3ccccc3nc2c1. The summed E-state index contributed by atoms with van der Waals surface area (Å²) in [5.41, 5.74) is 2.54. The van der Waals surface area contributed by atoms with Crippen molar-refractivity contribution in [2.24, 2.45) is 0 Å². The number of hydrogen-bond donors (Lipinski definition) is 0. The molecular formula is C15H11NO. The summed E-state index contributed by atoms with van der Waals surface area (Å²) in [7, 11) is 0. The van der Waals surface area contributed by atoms with E-state index in [1.807, 2.05) is 42.5 Å². The van der Waals surface area contributed by atoms with Crippen molar-refractivity contribution in [2.45, 2.75) is 6.92 Å². The third-order valence-electron chi connectivity index (χ3n) is 2.93. The summed E-state index contributed by atoms with van der Waals surface area (Å²) in [5.74, 6) is 0.0712. The maximum absolute atomic E-state index is 11.3. The van der Waals surface area contributed by atoms with Crippen LogP contribution >= 0.6 is 0 Å². The summed E-state index contributed by atoms with van der Waals surface area (Å²) >= 11 is 0. The van der Waals surface area contributed by atoms with Crippen LogP contribution in [-0.4, -0.2) is 10.8 Å². The number of Topliss-reactive ketones (excluding diaryl/α,β-unsaturated/α-hetero) is 1. The van der Waals surface area contributed by atoms with Crippen molar-refractivity contribution in [3.05, 3.63) is 54.1 Å². The standard InChI is InChI=1S/C15H11NO/c1-10(17)11-6-7-13-8-12-4-2-3-5-14(12)16-15(13)9-11/h2-9H,1H3. The highest BCUT2D eigenvalue weighted by atomic mass is 16.1. The van der Waals surface area contributed by atoms with Crippen LogP contribution in [0.5, 0.6) is 0 Å². The summed E-state index contributed by atoms with van der Waals surface area (Å²) in [5, 5.41) is 2.18. The second-order valence-corrected chi connectivity index (χ2v) is 4.14. The van der Waals surface area contributed by atoms with E-state index in [1.165, 1.54) is 0 Å². The van der Waals surface area contributed by atoms with Gasteiger partial charge in [-0.3, -0.25) is 4.79 Å². The van der Waals surface area contributed by atoms with Crippen molar-refractivity contribution in [2.75, 3.05) is 0 Å². The van der Waals surface area contributed by atoms with Gasteiger partial charge in [0.05, 0.1) is 11.0 Å². The molecule has 17 heavy (non-hydrogen) atoms. The predicted molar refractivity (Wildman–Crippen MR) is 69.3 cm³/mol. The Balaban J connectivity index is 2.36. The Hall–Kier alpha value is -2.22. The molecule has 0 bridgehead atoms. The molecule has 0 unspecified atom stereocenters. The van der Waals surface area contributed by atoms with E-state index in [0.29, 0.717) is 5.56 Å². The largest absolute Gasteiger partial charge is 0.295 e. The lowest BCUT2D eigenvalue weighted by atomic mass is 10.1. The van der Waals surface area contributed by atoms with E-state index in [0.717, 1.165) is 21.8 Å². The van der Waals surface area contributed by atoms with Gasteiger partial charge in [0.2, 0.25) is 0 Å². The van der Waals surface area contributed by atoms with E-state index in [4.69, 9.17) is 0 Å². The molecule has 0 amide bonds. The van der Waals surface area contributed by atoms with Crippen LogP contribution in [0.4, 0.5) is 0 Å². The van der Waals surface area contributed by atoms with Crippen LogP contribution in [0.1, 0.15) is 17.3 Å². The van der Waals surface area contributed by atoms with E-state index < -0.39 is 0 Å². The number of para-hydroxylation sites is 1. The fourth-order valence-electron chi connectivity index (χ4n) is 1.99. The number of fused-ring (bicyclic) bond motifs is 2. The van der Waals surface area contributed by atoms with Gasteiger partial charge in [0.25, 0.3) is 0 Å². The fraction of sp³-hybridized carbons (Fsp3) is 0.0667. The van der Waals surface area contributed by atoms with Crippen molar-refractivity contribution >= 4 is 27.6 Å². The van der Waals surface area contributed by atoms with Crippen molar-refractivity contribution in [3.63, 3.8) is 0 Å². The van der Waals surface area contributed by atoms with Gasteiger partial charge in [-0.05, 0) is 25.1 Å². The third-order valence-corrected chi connectivity index (χ3v) is 2.93. The normalized spacial score (nSPS) is 10.9. The van der Waals surface area contributed by atoms with Gasteiger partial charge in [0.1, 0.15) is 0 Å². The monoisotopic (exact) mass is 221 g/mol. The molecule has 82 valence electrons. The van der Waals surface area contributed by atoms with Gasteiger partial charge in [0, 0.05) is 16.3 Å². The molecule has 3 aromatic rings. The number of aromatic nitrogens is 1. The summed E-state index contributed by atoms with van der Waals surface area (Å²) in [6.07, 6.45) is 0. The molecule has 0 fully saturated rings. The van der Waals surface area contributed by atoms with Crippen molar-refractivity contribution in [1.82, 2.24) is 4.98 Å². The lowest BCUT2D eigenvalue weighted by Gasteiger charge is -2.02. The number of pyridine rings is 1. The molecule has 0 aliphatic carbocycles. The Bertz CT molecular complexity index is 731. The average molecular weight is 221 g/mol. The van der Waals surface area contributed by atoms with Crippen LogP contribution in [0.2, 0.25) is 0 Å². The first-order chi connectivity index (χ1) is 8.24. The smallest absolute Gasteiger partial charge is 0.159 e. The number of carbonyl (C=O) groups is 1. The fourth-order valence-corrected chi connectivity index (χ4v) is 1.99. The van der Waals surface area contributed by atoms with Gasteiger partial charge >= 0.3 is 0 Å². The molecule has 1 heterocycles. The van der Waals surface area contributed by atoms with E-state index >= 15 is 0 Å². The van der Waals surface area contributed by atoms with Gasteiger partial charge in [-0.1, -0.05) is 30.3 Å². The molecule has 0 spiro atoms. The first-order valence-electron chi connectivity index (χ1n) is 5.54. The highest BCUT2D eigenvalue weighted by molar-refractivity contribution is 5.99. The molecule has 0 atom stereocenters. The summed E-state index contributed by atoms with van der Waals surface area (Å²) < 4.78 is 0. The lowest BCUT2D eigenvalue weighted by molar-refractivity contribution is 0.101. The highest BCUT2D eigenvalue weighted by Crippen LogP contribution is 2.20. The second kappa shape index (κ2) is 3.67. The summed E-state index contributed by atoms with van der Waals surface area (Å²) in [4.78, 5) is 15.9. The molecule has 1 aromatic heterocycles. The van der Waals surface area contributed by atoms with Crippen LogP contribution in [0.3, 0.4) is 0 Å². The second-order valence-electron chi connectivity index (χ2n) is 4.14. The van der Waals surface area contributed by atoms with Gasteiger partial charge in [-0.15, -0.1) is 0 Å². The van der Waals surface area contributed by atoms with Crippen LogP contribution in [0.15, 0.2) is 48.5 Å². The maximum Gasteiger partial charge on any atom is 0.159 e. The molecule has 2 nitrogen and oxygen atoms in total. The Morgan fingerprint density at radius 3 is 2.53 bits per heavy atom. The Morgan fingerprint density at radius 1 is 0.941 bits per heavy atom. The van der Waals surface area contributed by atoms with Crippen molar-refractivity contribution in [3.8, 4) is 0 Å². The minimum atomic E-state index is 0.0712. The highest BCUT2D eigenvalue weighted by Gasteiger charge is 2.03. The Morgan fingerprint density at radius 2 is 1.71 bits per heavy atom. The molecule has 0 aliphatic heterocycles. The van der Waals surface area contributed by atoms with E-state index in [-0.39, 0.29) is 5.78 Å².